The van der Waals surface area contributed by atoms with Gasteiger partial charge in [0.2, 0.25) is 0 Å². The average Bonchev–Trinajstić information content (AvgIpc) is 2.77. The van der Waals surface area contributed by atoms with Gasteiger partial charge in [-0.25, -0.2) is 14.1 Å². The molecule has 10 heteroatoms. The lowest BCUT2D eigenvalue weighted by Gasteiger charge is -2.43. The van der Waals surface area contributed by atoms with E-state index < -0.39 is 13.5 Å². The van der Waals surface area contributed by atoms with Crippen molar-refractivity contribution in [3.8, 4) is 5.75 Å². The SMILES string of the molecule is CCN(CC)c1ccc2c(c1)OC(=O)N(c1ccc(Cl)c(Cl)c1)P2(=O)N1CCOCC1. The average molecular weight is 484 g/mol. The number of carbonyl (C=O) groups is 1. The molecule has 1 saturated heterocycles. The summed E-state index contributed by atoms with van der Waals surface area (Å²) in [6.07, 6.45) is -0.711. The van der Waals surface area contributed by atoms with Crippen molar-refractivity contribution in [1.29, 1.82) is 0 Å². The molecule has 0 N–H and O–H groups in total. The van der Waals surface area contributed by atoms with E-state index in [-0.39, 0.29) is 5.02 Å². The Morgan fingerprint density at radius 3 is 2.39 bits per heavy atom. The summed E-state index contributed by atoms with van der Waals surface area (Å²) in [5.74, 6) is 0.320. The van der Waals surface area contributed by atoms with Crippen LogP contribution < -0.4 is 19.6 Å². The van der Waals surface area contributed by atoms with Crippen molar-refractivity contribution >= 4 is 53.4 Å². The number of halogens is 2. The van der Waals surface area contributed by atoms with Crippen LogP contribution in [0.3, 0.4) is 0 Å². The van der Waals surface area contributed by atoms with E-state index >= 15 is 0 Å². The van der Waals surface area contributed by atoms with E-state index in [2.05, 4.69) is 18.7 Å². The van der Waals surface area contributed by atoms with Gasteiger partial charge >= 0.3 is 6.09 Å². The van der Waals surface area contributed by atoms with Crippen molar-refractivity contribution < 1.29 is 18.8 Å². The molecular weight excluding hydrogens is 460 g/mol. The number of carbonyl (C=O) groups excluding carboxylic acids is 1. The van der Waals surface area contributed by atoms with Crippen LogP contribution in [0.25, 0.3) is 0 Å². The minimum atomic E-state index is -3.58. The number of amides is 1. The standard InChI is InChI=1S/C21H24Cl2N3O4P/c1-3-24(4-2)15-6-8-20-19(14-15)30-21(27)26(16-5-7-17(22)18(23)13-16)31(20,28)25-9-11-29-12-10-25/h5-8,13-14H,3-4,9-12H2,1-2H3. The summed E-state index contributed by atoms with van der Waals surface area (Å²) >= 11 is 12.3. The van der Waals surface area contributed by atoms with E-state index in [4.69, 9.17) is 32.7 Å². The van der Waals surface area contributed by atoms with E-state index in [9.17, 15) is 9.36 Å². The highest BCUT2D eigenvalue weighted by atomic mass is 35.5. The number of anilines is 2. The number of fused-ring (bicyclic) bond motifs is 1. The molecular formula is C21H24Cl2N3O4P. The van der Waals surface area contributed by atoms with E-state index in [1.165, 1.54) is 10.7 Å². The van der Waals surface area contributed by atoms with Crippen molar-refractivity contribution in [2.24, 2.45) is 0 Å². The molecule has 4 rings (SSSR count). The highest BCUT2D eigenvalue weighted by molar-refractivity contribution is 7.72. The third-order valence-electron chi connectivity index (χ3n) is 5.55. The fraction of sp³-hybridized carbons (Fsp3) is 0.381. The van der Waals surface area contributed by atoms with Crippen molar-refractivity contribution in [2.75, 3.05) is 49.0 Å². The van der Waals surface area contributed by atoms with Crippen LogP contribution in [0.1, 0.15) is 13.8 Å². The summed E-state index contributed by atoms with van der Waals surface area (Å²) in [5, 5.41) is 1.10. The fourth-order valence-corrected chi connectivity index (χ4v) is 7.09. The quantitative estimate of drug-likeness (QED) is 0.557. The summed E-state index contributed by atoms with van der Waals surface area (Å²) in [4.78, 5) is 15.4. The monoisotopic (exact) mass is 483 g/mol. The zero-order chi connectivity index (χ0) is 22.2. The van der Waals surface area contributed by atoms with Gasteiger partial charge in [0.15, 0.2) is 0 Å². The molecule has 1 unspecified atom stereocenters. The molecule has 2 heterocycles. The first-order chi connectivity index (χ1) is 14.9. The van der Waals surface area contributed by atoms with E-state index in [0.29, 0.717) is 48.1 Å². The van der Waals surface area contributed by atoms with Crippen LogP contribution in [-0.4, -0.2) is 50.2 Å². The lowest BCUT2D eigenvalue weighted by atomic mass is 10.2. The Balaban J connectivity index is 1.88. The smallest absolute Gasteiger partial charge is 0.409 e. The first kappa shape index (κ1) is 22.4. The van der Waals surface area contributed by atoms with Crippen LogP contribution >= 0.6 is 30.6 Å². The lowest BCUT2D eigenvalue weighted by molar-refractivity contribution is 0.0723. The first-order valence-corrected chi connectivity index (χ1v) is 12.6. The van der Waals surface area contributed by atoms with Gasteiger partial charge in [-0.3, -0.25) is 4.57 Å². The van der Waals surface area contributed by atoms with Crippen LogP contribution in [0.5, 0.6) is 5.75 Å². The zero-order valence-corrected chi connectivity index (χ0v) is 19.8. The molecule has 0 radical (unpaired) electrons. The molecule has 31 heavy (non-hydrogen) atoms. The number of benzene rings is 2. The van der Waals surface area contributed by atoms with Gasteiger partial charge in [0.25, 0.3) is 7.44 Å². The molecule has 2 aromatic carbocycles. The van der Waals surface area contributed by atoms with Gasteiger partial charge in [0.05, 0.1) is 34.3 Å². The number of morpholine rings is 1. The van der Waals surface area contributed by atoms with Gasteiger partial charge in [-0.1, -0.05) is 23.2 Å². The highest BCUT2D eigenvalue weighted by Gasteiger charge is 2.49. The fourth-order valence-electron chi connectivity index (χ4n) is 3.95. The van der Waals surface area contributed by atoms with Crippen molar-refractivity contribution in [3.63, 3.8) is 0 Å². The summed E-state index contributed by atoms with van der Waals surface area (Å²) in [7, 11) is -3.58. The van der Waals surface area contributed by atoms with Crippen molar-refractivity contribution in [2.45, 2.75) is 13.8 Å². The predicted octanol–water partition coefficient (Wildman–Crippen LogP) is 5.01. The Labute approximate surface area is 191 Å². The number of ether oxygens (including phenoxy) is 2. The van der Waals surface area contributed by atoms with Crippen molar-refractivity contribution in [3.05, 3.63) is 46.4 Å². The molecule has 0 bridgehead atoms. The van der Waals surface area contributed by atoms with Gasteiger partial charge in [0.1, 0.15) is 5.75 Å². The molecule has 1 amide bonds. The minimum absolute atomic E-state index is 0.267. The second-order valence-electron chi connectivity index (χ2n) is 7.21. The molecule has 2 aromatic rings. The minimum Gasteiger partial charge on any atom is -0.409 e. The Bertz CT molecular complexity index is 1040. The molecule has 0 spiro atoms. The topological polar surface area (TPSA) is 62.3 Å². The second kappa shape index (κ2) is 9.00. The second-order valence-corrected chi connectivity index (χ2v) is 10.6. The van der Waals surface area contributed by atoms with Crippen LogP contribution in [0, 0.1) is 0 Å². The maximum Gasteiger partial charge on any atom is 0.426 e. The first-order valence-electron chi connectivity index (χ1n) is 10.2. The molecule has 0 aliphatic carbocycles. The van der Waals surface area contributed by atoms with Crippen LogP contribution in [0.2, 0.25) is 10.0 Å². The van der Waals surface area contributed by atoms with Crippen LogP contribution in [0.15, 0.2) is 36.4 Å². The third-order valence-corrected chi connectivity index (χ3v) is 9.39. The molecule has 166 valence electrons. The van der Waals surface area contributed by atoms with Gasteiger partial charge in [-0.05, 0) is 44.2 Å². The van der Waals surface area contributed by atoms with Gasteiger partial charge < -0.3 is 14.4 Å². The number of rotatable bonds is 5. The van der Waals surface area contributed by atoms with Gasteiger partial charge in [-0.2, -0.15) is 0 Å². The summed E-state index contributed by atoms with van der Waals surface area (Å²) in [6, 6.07) is 10.3. The van der Waals surface area contributed by atoms with Gasteiger partial charge in [0, 0.05) is 37.9 Å². The summed E-state index contributed by atoms with van der Waals surface area (Å²) in [6.45, 7) is 7.44. The maximum atomic E-state index is 14.8. The molecule has 1 fully saturated rings. The Morgan fingerprint density at radius 1 is 1.03 bits per heavy atom. The Morgan fingerprint density at radius 2 is 1.74 bits per heavy atom. The molecule has 2 aliphatic rings. The highest BCUT2D eigenvalue weighted by Crippen LogP contribution is 2.59. The number of nitrogens with zero attached hydrogens (tertiary/aromatic N) is 3. The maximum absolute atomic E-state index is 14.8. The normalized spacial score (nSPS) is 21.5. The van der Waals surface area contributed by atoms with Crippen LogP contribution in [-0.2, 0) is 9.30 Å². The zero-order valence-electron chi connectivity index (χ0n) is 17.4. The van der Waals surface area contributed by atoms with Crippen molar-refractivity contribution in [1.82, 2.24) is 4.67 Å². The molecule has 7 nitrogen and oxygen atoms in total. The molecule has 0 saturated carbocycles. The summed E-state index contributed by atoms with van der Waals surface area (Å²) < 4.78 is 29.0. The Kier molecular flexibility index (Phi) is 6.52. The predicted molar refractivity (Wildman–Crippen MR) is 125 cm³/mol. The summed E-state index contributed by atoms with van der Waals surface area (Å²) in [5.41, 5.74) is 1.28. The van der Waals surface area contributed by atoms with Gasteiger partial charge in [-0.15, -0.1) is 0 Å². The molecule has 0 aromatic heterocycles. The van der Waals surface area contributed by atoms with E-state index in [0.717, 1.165) is 18.8 Å². The van der Waals surface area contributed by atoms with E-state index in [1.54, 1.807) is 24.3 Å². The third kappa shape index (κ3) is 3.94. The molecule has 2 aliphatic heterocycles. The number of hydrogen-bond acceptors (Lipinski definition) is 5. The van der Waals surface area contributed by atoms with Crippen LogP contribution in [0.4, 0.5) is 16.2 Å². The van der Waals surface area contributed by atoms with E-state index in [1.807, 2.05) is 10.7 Å². The Hall–Kier alpha value is -1.76. The lowest BCUT2D eigenvalue weighted by Crippen LogP contribution is -2.49. The number of hydrogen-bond donors (Lipinski definition) is 0. The molecule has 1 atom stereocenters. The largest absolute Gasteiger partial charge is 0.426 e.